The number of thiophene rings is 1. The van der Waals surface area contributed by atoms with E-state index in [9.17, 15) is 36.1 Å². The summed E-state index contributed by atoms with van der Waals surface area (Å²) in [5.74, 6) is 1.80. The van der Waals surface area contributed by atoms with Crippen molar-refractivity contribution in [2.75, 3.05) is 28.7 Å². The molecule has 0 fully saturated rings. The lowest BCUT2D eigenvalue weighted by Crippen LogP contribution is -2.22. The number of hydrogen-bond donors (Lipinski definition) is 11. The van der Waals surface area contributed by atoms with E-state index in [1.165, 1.54) is 58.0 Å². The maximum atomic E-state index is 12.4. The number of rotatable bonds is 15. The third kappa shape index (κ3) is 16.4. The first kappa shape index (κ1) is 68.2. The fourth-order valence-electron chi connectivity index (χ4n) is 9.20. The van der Waals surface area contributed by atoms with Crippen molar-refractivity contribution >= 4 is 84.3 Å². The molecular weight excluding hydrogens is 1380 g/mol. The van der Waals surface area contributed by atoms with E-state index in [4.69, 9.17) is 50.1 Å². The molecule has 0 aliphatic heterocycles. The maximum absolute atomic E-state index is 12.4. The first-order valence-corrected chi connectivity index (χ1v) is 33.1. The lowest BCUT2D eigenvalue weighted by atomic mass is 10.1. The lowest BCUT2D eigenvalue weighted by molar-refractivity contribution is -0.432. The van der Waals surface area contributed by atoms with Crippen LogP contribution < -0.4 is 40.0 Å². The molecule has 0 saturated carbocycles. The van der Waals surface area contributed by atoms with Gasteiger partial charge in [0.25, 0.3) is 26.2 Å². The minimum Gasteiger partial charge on any atom is -0.508 e. The molecular formula is C61H50ClN21O12S4. The number of nitrogens with two attached hydrogens (primary N) is 5. The van der Waals surface area contributed by atoms with Crippen molar-refractivity contribution < 1.29 is 45.7 Å². The monoisotopic (exact) mass is 1430 g/mol. The Morgan fingerprint density at radius 2 is 1.07 bits per heavy atom. The molecule has 0 atom stereocenters. The summed E-state index contributed by atoms with van der Waals surface area (Å²) >= 11 is 8.53. The van der Waals surface area contributed by atoms with E-state index in [0.717, 1.165) is 37.7 Å². The van der Waals surface area contributed by atoms with Gasteiger partial charge in [0.2, 0.25) is 5.95 Å². The standard InChI is InChI=1S/C21H17N9O7S2.C15H12ClN3O3S.C13H11N3OS.C12H10N6O/c22-17-9-15(11-3-1-5-13(7-11)38-37-36-32)27-29(17)19-24-20(26-21(31)25-19)30-18(23)10-16(28-30)12-4-2-6-14(8-12)39(33,34)35;16-13-7-2-1-6-12(13)14-9-15(17)19(18-14)10-4-3-5-11(8-10)23(20,21)22;14-13-8-11(12-5-2-6-18-12)15-16(13)9-3-1-4-10(17)7-9;13-10-7-9(8-3-1-2-5-14-8)17-18(10)11-4-6-15-12(19)16-11/h1-10,32H,22-23H2,(H,33,34,35)(H,24,25,26,31);1-9H,17H2,(H,20,21,22);1-8,17H,14H2;1-7H,13H2,(H,15,16,19). The molecule has 502 valence electrons. The van der Waals surface area contributed by atoms with E-state index in [1.54, 1.807) is 107 Å². The zero-order chi connectivity index (χ0) is 70.1. The van der Waals surface area contributed by atoms with E-state index in [0.29, 0.717) is 78.3 Å². The minimum absolute atomic E-state index is 0.0556. The van der Waals surface area contributed by atoms with Gasteiger partial charge in [-0.15, -0.1) is 15.7 Å². The van der Waals surface area contributed by atoms with Crippen LogP contribution >= 0.6 is 35.0 Å². The number of nitrogens with zero attached hydrogens (tertiary/aromatic N) is 14. The van der Waals surface area contributed by atoms with Gasteiger partial charge in [0.15, 0.2) is 0 Å². The second-order valence-electron chi connectivity index (χ2n) is 20.3. The Morgan fingerprint density at radius 1 is 0.495 bits per heavy atom. The molecule has 0 unspecified atom stereocenters. The number of aromatic nitrogens is 16. The van der Waals surface area contributed by atoms with Crippen LogP contribution in [0.4, 0.5) is 29.1 Å². The quantitative estimate of drug-likeness (QED) is 0.0199. The molecule has 33 nitrogen and oxygen atoms in total. The van der Waals surface area contributed by atoms with Gasteiger partial charge >= 0.3 is 11.4 Å². The molecule has 9 aromatic heterocycles. The summed E-state index contributed by atoms with van der Waals surface area (Å²) in [6.45, 7) is 0. The van der Waals surface area contributed by atoms with Gasteiger partial charge in [0.1, 0.15) is 52.0 Å². The molecule has 0 radical (unpaired) electrons. The van der Waals surface area contributed by atoms with Crippen LogP contribution in [0.5, 0.6) is 5.75 Å². The molecule has 14 aromatic rings. The number of phenolic OH excluding ortho intramolecular Hbond substituents is 1. The smallest absolute Gasteiger partial charge is 0.351 e. The number of phenols is 1. The van der Waals surface area contributed by atoms with Crippen LogP contribution in [0.25, 0.3) is 84.8 Å². The summed E-state index contributed by atoms with van der Waals surface area (Å²) in [6, 6.07) is 51.3. The normalized spacial score (nSPS) is 11.2. The second kappa shape index (κ2) is 29.4. The summed E-state index contributed by atoms with van der Waals surface area (Å²) in [4.78, 5) is 45.6. The van der Waals surface area contributed by atoms with Gasteiger partial charge in [-0.3, -0.25) is 24.1 Å². The molecule has 0 amide bonds. The van der Waals surface area contributed by atoms with Crippen LogP contribution in [-0.2, 0) is 29.6 Å². The Labute approximate surface area is 571 Å². The van der Waals surface area contributed by atoms with Gasteiger partial charge in [-0.25, -0.2) is 33.9 Å². The molecule has 0 bridgehead atoms. The number of H-pyrrole nitrogens is 2. The lowest BCUT2D eigenvalue weighted by Gasteiger charge is -2.06. The fourth-order valence-corrected chi connectivity index (χ4v) is 11.6. The van der Waals surface area contributed by atoms with Crippen LogP contribution in [-0.4, -0.2) is 115 Å². The number of benzene rings is 5. The highest BCUT2D eigenvalue weighted by atomic mass is 35.5. The van der Waals surface area contributed by atoms with E-state index < -0.39 is 31.6 Å². The van der Waals surface area contributed by atoms with Gasteiger partial charge in [-0.1, -0.05) is 83.4 Å². The third-order valence-electron chi connectivity index (χ3n) is 13.6. The summed E-state index contributed by atoms with van der Waals surface area (Å²) < 4.78 is 75.1. The molecule has 14 rings (SSSR count). The number of pyridine rings is 1. The summed E-state index contributed by atoms with van der Waals surface area (Å²) in [7, 11) is -8.74. The number of nitrogen functional groups attached to an aromatic ring is 5. The number of aromatic amines is 2. The van der Waals surface area contributed by atoms with Gasteiger partial charge < -0.3 is 33.8 Å². The van der Waals surface area contributed by atoms with Crippen molar-refractivity contribution in [1.82, 2.24) is 78.8 Å². The average Bonchev–Trinajstić information content (AvgIpc) is 1.69. The highest BCUT2D eigenvalue weighted by molar-refractivity contribution is 7.94. The molecule has 0 spiro atoms. The van der Waals surface area contributed by atoms with Gasteiger partial charge in [0.05, 0.1) is 65.9 Å². The highest BCUT2D eigenvalue weighted by Gasteiger charge is 2.20. The Bertz CT molecular complexity index is 5590. The SMILES string of the molecule is Nc1cc(-c2cccc(SOOO)c2)nn1-c1nc(-n2nc(-c3cccc(S(=O)(=O)O)c3)cc2N)[nH]c(=O)n1.Nc1cc(-c2ccccc2Cl)nn1-c1cccc(S(=O)(=O)O)c1.Nc1cc(-c2ccccn2)nn1-c1ccnc(=O)[nH]1.Nc1cc(-c2cccs2)nn1-c1cccc(O)c1. The van der Waals surface area contributed by atoms with Crippen molar-refractivity contribution in [3.05, 3.63) is 232 Å². The Morgan fingerprint density at radius 3 is 1.74 bits per heavy atom. The predicted octanol–water partition coefficient (Wildman–Crippen LogP) is 8.22. The number of nitrogens with one attached hydrogen (secondary N) is 2. The second-order valence-corrected chi connectivity index (χ2v) is 25.3. The van der Waals surface area contributed by atoms with Crippen LogP contribution in [0, 0.1) is 0 Å². The maximum Gasteiger partial charge on any atom is 0.351 e. The number of hydrogen-bond acceptors (Lipinski definition) is 26. The topological polar surface area (TPSA) is 504 Å². The minimum atomic E-state index is -4.44. The zero-order valence-electron chi connectivity index (χ0n) is 50.3. The van der Waals surface area contributed by atoms with E-state index in [1.807, 2.05) is 66.0 Å². The molecule has 9 heterocycles. The van der Waals surface area contributed by atoms with Gasteiger partial charge in [-0.2, -0.15) is 61.7 Å². The zero-order valence-corrected chi connectivity index (χ0v) is 54.4. The average molecular weight is 1430 g/mol. The largest absolute Gasteiger partial charge is 0.508 e. The van der Waals surface area contributed by atoms with E-state index in [-0.39, 0.29) is 44.8 Å². The van der Waals surface area contributed by atoms with Crippen LogP contribution in [0.15, 0.2) is 230 Å². The summed E-state index contributed by atoms with van der Waals surface area (Å²) in [5.41, 5.74) is 35.0. The van der Waals surface area contributed by atoms with Crippen LogP contribution in [0.2, 0.25) is 5.02 Å². The van der Waals surface area contributed by atoms with E-state index in [2.05, 4.69) is 64.8 Å². The number of halogens is 1. The van der Waals surface area contributed by atoms with Gasteiger partial charge in [-0.05, 0) is 90.3 Å². The van der Waals surface area contributed by atoms with Crippen molar-refractivity contribution in [3.8, 4) is 90.6 Å². The Balaban J connectivity index is 0.000000141. The van der Waals surface area contributed by atoms with Crippen molar-refractivity contribution in [3.63, 3.8) is 0 Å². The first-order chi connectivity index (χ1) is 47.5. The fraction of sp³-hybridized carbons (Fsp3) is 0. The van der Waals surface area contributed by atoms with Crippen molar-refractivity contribution in [2.24, 2.45) is 0 Å². The molecule has 5 aromatic carbocycles. The van der Waals surface area contributed by atoms with Crippen molar-refractivity contribution in [1.29, 1.82) is 0 Å². The van der Waals surface area contributed by atoms with E-state index >= 15 is 0 Å². The van der Waals surface area contributed by atoms with Crippen molar-refractivity contribution in [2.45, 2.75) is 14.7 Å². The first-order valence-electron chi connectivity index (χ1n) is 28.2. The van der Waals surface area contributed by atoms with Crippen LogP contribution in [0.3, 0.4) is 0 Å². The molecule has 0 aliphatic rings. The van der Waals surface area contributed by atoms with Crippen LogP contribution in [0.1, 0.15) is 0 Å². The molecule has 0 saturated heterocycles. The molecule has 38 heteroatoms. The summed E-state index contributed by atoms with van der Waals surface area (Å²) in [6.07, 6.45) is 3.08. The molecule has 0 aliphatic carbocycles. The summed E-state index contributed by atoms with van der Waals surface area (Å²) in [5, 5.41) is 45.8. The Hall–Kier alpha value is -12.2. The predicted molar refractivity (Wildman–Crippen MR) is 368 cm³/mol. The molecule has 99 heavy (non-hydrogen) atoms. The van der Waals surface area contributed by atoms with Gasteiger partial charge in [0, 0.05) is 70.4 Å². The molecule has 16 N–H and O–H groups in total. The number of aromatic hydroxyl groups is 1. The third-order valence-corrected chi connectivity index (χ3v) is 17.1. The highest BCUT2D eigenvalue weighted by Crippen LogP contribution is 2.32. The number of anilines is 5. The Kier molecular flexibility index (Phi) is 20.3.